The van der Waals surface area contributed by atoms with Crippen LogP contribution in [0.2, 0.25) is 0 Å². The molecule has 0 unspecified atom stereocenters. The molecule has 2 nitrogen and oxygen atoms in total. The Kier molecular flexibility index (Phi) is 2.29. The molecule has 0 bridgehead atoms. The average molecular weight is 264 g/mol. The van der Waals surface area contributed by atoms with Crippen LogP contribution in [0, 0.1) is 4.64 Å². The van der Waals surface area contributed by atoms with Gasteiger partial charge in [-0.2, -0.15) is 0 Å². The van der Waals surface area contributed by atoms with E-state index in [1.807, 2.05) is 18.2 Å². The Hall–Kier alpha value is -2.00. The predicted octanol–water partition coefficient (Wildman–Crippen LogP) is 3.99. The van der Waals surface area contributed by atoms with Crippen LogP contribution in [0.15, 0.2) is 48.5 Å². The highest BCUT2D eigenvalue weighted by atomic mass is 32.1. The smallest absolute Gasteiger partial charge is 0.141 e. The number of para-hydroxylation sites is 1. The molecule has 19 heavy (non-hydrogen) atoms. The summed E-state index contributed by atoms with van der Waals surface area (Å²) in [6.07, 6.45) is 1.03. The van der Waals surface area contributed by atoms with Crippen LogP contribution in [0.5, 0.6) is 0 Å². The summed E-state index contributed by atoms with van der Waals surface area (Å²) in [6.45, 7) is 0.920. The van der Waals surface area contributed by atoms with E-state index in [0.717, 1.165) is 34.3 Å². The normalized spacial score (nSPS) is 13.1. The van der Waals surface area contributed by atoms with Gasteiger partial charge in [-0.05, 0) is 24.1 Å². The largest absolute Gasteiger partial charge is 0.316 e. The highest BCUT2D eigenvalue weighted by molar-refractivity contribution is 7.71. The molecule has 4 rings (SSSR count). The number of benzene rings is 2. The molecule has 1 aliphatic rings. The molecule has 2 aromatic carbocycles. The maximum atomic E-state index is 5.63. The van der Waals surface area contributed by atoms with E-state index in [1.54, 1.807) is 0 Å². The standard InChI is InChI=1S/C16H12N2S/c19-16-13-7-3-4-8-14(13)17-15-12-6-2-1-5-11(12)9-10-18(15)16/h1-8H,9-10H2. The summed E-state index contributed by atoms with van der Waals surface area (Å²) in [5, 5.41) is 1.07. The molecule has 0 radical (unpaired) electrons. The predicted molar refractivity (Wildman–Crippen MR) is 79.7 cm³/mol. The molecule has 3 heteroatoms. The minimum absolute atomic E-state index is 0.898. The van der Waals surface area contributed by atoms with Gasteiger partial charge in [0.05, 0.1) is 5.52 Å². The van der Waals surface area contributed by atoms with Crippen molar-refractivity contribution in [3.63, 3.8) is 0 Å². The van der Waals surface area contributed by atoms with Gasteiger partial charge in [0.25, 0.3) is 0 Å². The second-order valence-electron chi connectivity index (χ2n) is 4.82. The lowest BCUT2D eigenvalue weighted by Crippen LogP contribution is -2.15. The van der Waals surface area contributed by atoms with Crippen LogP contribution in [0.4, 0.5) is 0 Å². The number of aryl methyl sites for hydroxylation is 1. The molecule has 3 aromatic rings. The number of hydrogen-bond acceptors (Lipinski definition) is 2. The quantitative estimate of drug-likeness (QED) is 0.571. The van der Waals surface area contributed by atoms with Crippen LogP contribution in [-0.2, 0) is 13.0 Å². The lowest BCUT2D eigenvalue weighted by atomic mass is 10.0. The SMILES string of the molecule is S=c1c2ccccc2nc2n1CCc1ccccc1-2. The molecule has 0 atom stereocenters. The Balaban J connectivity index is 2.15. The first kappa shape index (κ1) is 10.9. The maximum absolute atomic E-state index is 5.63. The second kappa shape index (κ2) is 4.00. The van der Waals surface area contributed by atoms with Crippen LogP contribution in [0.1, 0.15) is 5.56 Å². The highest BCUT2D eigenvalue weighted by Crippen LogP contribution is 2.30. The number of fused-ring (bicyclic) bond motifs is 4. The van der Waals surface area contributed by atoms with Gasteiger partial charge in [0.15, 0.2) is 0 Å². The van der Waals surface area contributed by atoms with Gasteiger partial charge >= 0.3 is 0 Å². The van der Waals surface area contributed by atoms with Gasteiger partial charge in [-0.15, -0.1) is 0 Å². The van der Waals surface area contributed by atoms with E-state index in [0.29, 0.717) is 0 Å². The first-order valence-electron chi connectivity index (χ1n) is 6.42. The van der Waals surface area contributed by atoms with Crippen molar-refractivity contribution in [2.75, 3.05) is 0 Å². The first-order chi connectivity index (χ1) is 9.34. The van der Waals surface area contributed by atoms with Crippen molar-refractivity contribution in [3.8, 4) is 11.4 Å². The van der Waals surface area contributed by atoms with Gasteiger partial charge in [0.2, 0.25) is 0 Å². The molecular formula is C16H12N2S. The van der Waals surface area contributed by atoms with Gasteiger partial charge in [-0.1, -0.05) is 48.6 Å². The van der Waals surface area contributed by atoms with E-state index >= 15 is 0 Å². The molecular weight excluding hydrogens is 252 g/mol. The van der Waals surface area contributed by atoms with E-state index in [-0.39, 0.29) is 0 Å². The summed E-state index contributed by atoms with van der Waals surface area (Å²) < 4.78 is 3.06. The van der Waals surface area contributed by atoms with E-state index in [9.17, 15) is 0 Å². The maximum Gasteiger partial charge on any atom is 0.141 e. The number of rotatable bonds is 0. The van der Waals surface area contributed by atoms with Crippen LogP contribution in [-0.4, -0.2) is 9.55 Å². The topological polar surface area (TPSA) is 17.8 Å². The fourth-order valence-electron chi connectivity index (χ4n) is 2.77. The summed E-state index contributed by atoms with van der Waals surface area (Å²) in [5.74, 6) is 1.01. The molecule has 0 saturated carbocycles. The highest BCUT2D eigenvalue weighted by Gasteiger charge is 2.17. The Morgan fingerprint density at radius 3 is 2.74 bits per heavy atom. The van der Waals surface area contributed by atoms with Crippen LogP contribution in [0.3, 0.4) is 0 Å². The van der Waals surface area contributed by atoms with Crippen molar-refractivity contribution in [2.45, 2.75) is 13.0 Å². The van der Waals surface area contributed by atoms with Crippen molar-refractivity contribution in [1.82, 2.24) is 9.55 Å². The number of aromatic nitrogens is 2. The molecule has 0 saturated heterocycles. The van der Waals surface area contributed by atoms with Gasteiger partial charge in [0.1, 0.15) is 10.5 Å². The molecule has 0 fully saturated rings. The number of hydrogen-bond donors (Lipinski definition) is 0. The van der Waals surface area contributed by atoms with Crippen molar-refractivity contribution >= 4 is 23.1 Å². The lowest BCUT2D eigenvalue weighted by Gasteiger charge is -2.22. The van der Waals surface area contributed by atoms with Gasteiger partial charge in [-0.3, -0.25) is 0 Å². The average Bonchev–Trinajstić information content (AvgIpc) is 2.47. The Bertz CT molecular complexity index is 849. The van der Waals surface area contributed by atoms with E-state index < -0.39 is 0 Å². The molecule has 1 aromatic heterocycles. The molecule has 92 valence electrons. The zero-order valence-electron chi connectivity index (χ0n) is 10.3. The first-order valence-corrected chi connectivity index (χ1v) is 6.83. The fourth-order valence-corrected chi connectivity index (χ4v) is 3.12. The van der Waals surface area contributed by atoms with E-state index in [2.05, 4.69) is 34.9 Å². The van der Waals surface area contributed by atoms with Crippen molar-refractivity contribution in [2.24, 2.45) is 0 Å². The summed E-state index contributed by atoms with van der Waals surface area (Å²) in [5.41, 5.74) is 3.56. The minimum atomic E-state index is 0.898. The summed E-state index contributed by atoms with van der Waals surface area (Å²) >= 11 is 5.63. The summed E-state index contributed by atoms with van der Waals surface area (Å²) in [4.78, 5) is 4.81. The van der Waals surface area contributed by atoms with Crippen molar-refractivity contribution in [3.05, 3.63) is 58.7 Å². The third-order valence-corrected chi connectivity index (χ3v) is 4.16. The van der Waals surface area contributed by atoms with Gasteiger partial charge in [-0.25, -0.2) is 4.98 Å². The minimum Gasteiger partial charge on any atom is -0.316 e. The Morgan fingerprint density at radius 1 is 1.00 bits per heavy atom. The van der Waals surface area contributed by atoms with Gasteiger partial charge < -0.3 is 4.57 Å². The van der Waals surface area contributed by atoms with Crippen molar-refractivity contribution < 1.29 is 0 Å². The van der Waals surface area contributed by atoms with Gasteiger partial charge in [0, 0.05) is 17.5 Å². The van der Waals surface area contributed by atoms with Crippen LogP contribution in [0.25, 0.3) is 22.3 Å². The lowest BCUT2D eigenvalue weighted by molar-refractivity contribution is 0.664. The number of nitrogens with zero attached hydrogens (tertiary/aromatic N) is 2. The Morgan fingerprint density at radius 2 is 1.79 bits per heavy atom. The second-order valence-corrected chi connectivity index (χ2v) is 5.20. The summed E-state index contributed by atoms with van der Waals surface area (Å²) in [6, 6.07) is 16.6. The molecule has 0 spiro atoms. The van der Waals surface area contributed by atoms with E-state index in [4.69, 9.17) is 17.2 Å². The molecule has 0 amide bonds. The zero-order chi connectivity index (χ0) is 12.8. The monoisotopic (exact) mass is 264 g/mol. The molecule has 0 N–H and O–H groups in total. The fraction of sp³-hybridized carbons (Fsp3) is 0.125. The van der Waals surface area contributed by atoms with Crippen LogP contribution >= 0.6 is 12.2 Å². The zero-order valence-corrected chi connectivity index (χ0v) is 11.2. The van der Waals surface area contributed by atoms with Crippen LogP contribution < -0.4 is 0 Å². The third kappa shape index (κ3) is 1.55. The molecule has 1 aliphatic heterocycles. The molecule has 0 aliphatic carbocycles. The molecule has 2 heterocycles. The summed E-state index contributed by atoms with van der Waals surface area (Å²) in [7, 11) is 0. The third-order valence-electron chi connectivity index (χ3n) is 3.72. The Labute approximate surface area is 116 Å². The van der Waals surface area contributed by atoms with E-state index in [1.165, 1.54) is 11.1 Å². The van der Waals surface area contributed by atoms with Crippen molar-refractivity contribution in [1.29, 1.82) is 0 Å².